The smallest absolute Gasteiger partial charge is 0.264 e. The summed E-state index contributed by atoms with van der Waals surface area (Å²) in [5, 5.41) is 2.68. The first kappa shape index (κ1) is 28.8. The highest BCUT2D eigenvalue weighted by Gasteiger charge is 2.28. The molecule has 0 aliphatic carbocycles. The number of aryl methyl sites for hydroxylation is 3. The van der Waals surface area contributed by atoms with E-state index in [0.717, 1.165) is 26.6 Å². The number of sulfonamides is 2. The molecule has 4 aromatic rings. The predicted octanol–water partition coefficient (Wildman–Crippen LogP) is 5.56. The van der Waals surface area contributed by atoms with Crippen LogP contribution in [-0.4, -0.2) is 29.3 Å². The summed E-state index contributed by atoms with van der Waals surface area (Å²) in [7, 11) is -7.91. The minimum absolute atomic E-state index is 0.0207. The molecule has 0 saturated carbocycles. The average molecular weight is 578 g/mol. The lowest BCUT2D eigenvalue weighted by Gasteiger charge is -2.26. The monoisotopic (exact) mass is 577 g/mol. The number of nitrogens with one attached hydrogen (secondary N) is 2. The van der Waals surface area contributed by atoms with E-state index in [4.69, 9.17) is 0 Å². The Balaban J connectivity index is 1.55. The van der Waals surface area contributed by atoms with E-state index in [2.05, 4.69) is 10.0 Å². The summed E-state index contributed by atoms with van der Waals surface area (Å²) in [4.78, 5) is 13.2. The molecule has 0 aromatic heterocycles. The summed E-state index contributed by atoms with van der Waals surface area (Å²) in [5.74, 6) is -0.579. The molecule has 0 radical (unpaired) electrons. The van der Waals surface area contributed by atoms with Gasteiger partial charge >= 0.3 is 0 Å². The molecule has 40 heavy (non-hydrogen) atoms. The molecule has 10 heteroatoms. The Hall–Kier alpha value is -4.15. The standard InChI is InChI=1S/C30H31N3O5S2/c1-21-13-14-26(19-23(21)3)32-39(35,36)27-17-15-25(16-18-27)31-30(34)20-33(29-12-8-9-22(2)24(29)4)40(37,38)28-10-6-5-7-11-28/h5-19,32H,20H2,1-4H3,(H,31,34). The van der Waals surface area contributed by atoms with Crippen molar-refractivity contribution in [1.82, 2.24) is 0 Å². The Labute approximate surface area is 235 Å². The van der Waals surface area contributed by atoms with E-state index in [1.165, 1.54) is 36.4 Å². The predicted molar refractivity (Wildman–Crippen MR) is 159 cm³/mol. The van der Waals surface area contributed by atoms with Gasteiger partial charge in [0.15, 0.2) is 0 Å². The zero-order valence-corrected chi connectivity index (χ0v) is 24.3. The Bertz CT molecular complexity index is 1750. The summed E-state index contributed by atoms with van der Waals surface area (Å²) >= 11 is 0. The van der Waals surface area contributed by atoms with E-state index >= 15 is 0 Å². The molecule has 0 bridgehead atoms. The summed E-state index contributed by atoms with van der Waals surface area (Å²) in [6.07, 6.45) is 0. The van der Waals surface area contributed by atoms with Crippen LogP contribution >= 0.6 is 0 Å². The Morgan fingerprint density at radius 2 is 1.32 bits per heavy atom. The SMILES string of the molecule is Cc1ccc(NS(=O)(=O)c2ccc(NC(=O)CN(c3cccc(C)c3C)S(=O)(=O)c3ccccc3)cc2)cc1C. The molecule has 0 saturated heterocycles. The van der Waals surface area contributed by atoms with Crippen molar-refractivity contribution in [3.05, 3.63) is 113 Å². The van der Waals surface area contributed by atoms with Gasteiger partial charge in [-0.25, -0.2) is 16.8 Å². The number of hydrogen-bond acceptors (Lipinski definition) is 5. The zero-order valence-electron chi connectivity index (χ0n) is 22.7. The van der Waals surface area contributed by atoms with Crippen LogP contribution in [0.3, 0.4) is 0 Å². The van der Waals surface area contributed by atoms with Crippen LogP contribution in [0, 0.1) is 27.7 Å². The molecule has 4 aromatic carbocycles. The molecular formula is C30H31N3O5S2. The van der Waals surface area contributed by atoms with Crippen molar-refractivity contribution in [2.45, 2.75) is 37.5 Å². The number of nitrogens with zero attached hydrogens (tertiary/aromatic N) is 1. The Morgan fingerprint density at radius 3 is 1.98 bits per heavy atom. The van der Waals surface area contributed by atoms with E-state index in [9.17, 15) is 21.6 Å². The van der Waals surface area contributed by atoms with Gasteiger partial charge in [-0.05, 0) is 105 Å². The minimum atomic E-state index is -4.06. The Kier molecular flexibility index (Phi) is 8.32. The molecule has 0 spiro atoms. The maximum Gasteiger partial charge on any atom is 0.264 e. The molecule has 8 nitrogen and oxygen atoms in total. The van der Waals surface area contributed by atoms with Crippen LogP contribution < -0.4 is 14.3 Å². The van der Waals surface area contributed by atoms with Gasteiger partial charge in [-0.15, -0.1) is 0 Å². The van der Waals surface area contributed by atoms with Crippen molar-refractivity contribution in [2.24, 2.45) is 0 Å². The van der Waals surface area contributed by atoms with Crippen LogP contribution in [0.2, 0.25) is 0 Å². The maximum absolute atomic E-state index is 13.6. The molecule has 1 amide bonds. The number of benzene rings is 4. The molecule has 0 fully saturated rings. The first-order valence-corrected chi connectivity index (χ1v) is 15.4. The fraction of sp³-hybridized carbons (Fsp3) is 0.167. The highest BCUT2D eigenvalue weighted by atomic mass is 32.2. The highest BCUT2D eigenvalue weighted by molar-refractivity contribution is 7.93. The number of anilines is 3. The van der Waals surface area contributed by atoms with E-state index in [-0.39, 0.29) is 9.79 Å². The van der Waals surface area contributed by atoms with Gasteiger partial charge in [0.1, 0.15) is 6.54 Å². The van der Waals surface area contributed by atoms with Crippen molar-refractivity contribution in [1.29, 1.82) is 0 Å². The molecular weight excluding hydrogens is 546 g/mol. The normalized spacial score (nSPS) is 11.6. The third-order valence-corrected chi connectivity index (χ3v) is 9.84. The molecule has 0 aliphatic heterocycles. The zero-order chi connectivity index (χ0) is 29.1. The van der Waals surface area contributed by atoms with Gasteiger partial charge in [0.25, 0.3) is 20.0 Å². The van der Waals surface area contributed by atoms with Crippen LogP contribution in [0.1, 0.15) is 22.3 Å². The fourth-order valence-electron chi connectivity index (χ4n) is 4.09. The van der Waals surface area contributed by atoms with Crippen molar-refractivity contribution in [2.75, 3.05) is 20.9 Å². The lowest BCUT2D eigenvalue weighted by Crippen LogP contribution is -2.38. The van der Waals surface area contributed by atoms with Gasteiger partial charge in [-0.2, -0.15) is 0 Å². The molecule has 0 atom stereocenters. The van der Waals surface area contributed by atoms with Crippen LogP contribution in [0.4, 0.5) is 17.1 Å². The van der Waals surface area contributed by atoms with Crippen molar-refractivity contribution >= 4 is 43.0 Å². The lowest BCUT2D eigenvalue weighted by molar-refractivity contribution is -0.114. The molecule has 0 heterocycles. The summed E-state index contributed by atoms with van der Waals surface area (Å²) in [6, 6.07) is 24.2. The molecule has 0 aliphatic rings. The topological polar surface area (TPSA) is 113 Å². The number of carbonyl (C=O) groups excluding carboxylic acids is 1. The first-order valence-electron chi connectivity index (χ1n) is 12.5. The van der Waals surface area contributed by atoms with Gasteiger partial charge in [-0.3, -0.25) is 13.8 Å². The number of carbonyl (C=O) groups is 1. The average Bonchev–Trinajstić information content (AvgIpc) is 2.92. The van der Waals surface area contributed by atoms with Crippen LogP contribution in [0.15, 0.2) is 101 Å². The fourth-order valence-corrected chi connectivity index (χ4v) is 6.64. The lowest BCUT2D eigenvalue weighted by atomic mass is 10.1. The van der Waals surface area contributed by atoms with Crippen molar-refractivity contribution in [3.8, 4) is 0 Å². The second-order valence-electron chi connectivity index (χ2n) is 9.52. The third-order valence-electron chi connectivity index (χ3n) is 6.67. The second kappa shape index (κ2) is 11.5. The van der Waals surface area contributed by atoms with Gasteiger partial charge in [-0.1, -0.05) is 36.4 Å². The van der Waals surface area contributed by atoms with E-state index < -0.39 is 32.5 Å². The molecule has 2 N–H and O–H groups in total. The molecule has 0 unspecified atom stereocenters. The van der Waals surface area contributed by atoms with Gasteiger partial charge < -0.3 is 5.32 Å². The molecule has 4 rings (SSSR count). The van der Waals surface area contributed by atoms with E-state index in [1.54, 1.807) is 49.4 Å². The Morgan fingerprint density at radius 1 is 0.675 bits per heavy atom. The second-order valence-corrected chi connectivity index (χ2v) is 13.1. The van der Waals surface area contributed by atoms with Gasteiger partial charge in [0.2, 0.25) is 5.91 Å². The number of hydrogen-bond donors (Lipinski definition) is 2. The van der Waals surface area contributed by atoms with Crippen LogP contribution in [-0.2, 0) is 24.8 Å². The van der Waals surface area contributed by atoms with Crippen LogP contribution in [0.5, 0.6) is 0 Å². The quantitative estimate of drug-likeness (QED) is 0.271. The van der Waals surface area contributed by atoms with Gasteiger partial charge in [0.05, 0.1) is 15.5 Å². The minimum Gasteiger partial charge on any atom is -0.325 e. The number of amides is 1. The van der Waals surface area contributed by atoms with Crippen molar-refractivity contribution in [3.63, 3.8) is 0 Å². The highest BCUT2D eigenvalue weighted by Crippen LogP contribution is 2.29. The third kappa shape index (κ3) is 6.35. The summed E-state index contributed by atoms with van der Waals surface area (Å²) < 4.78 is 56.6. The van der Waals surface area contributed by atoms with Gasteiger partial charge in [0, 0.05) is 11.4 Å². The van der Waals surface area contributed by atoms with Crippen LogP contribution in [0.25, 0.3) is 0 Å². The maximum atomic E-state index is 13.6. The van der Waals surface area contributed by atoms with E-state index in [1.807, 2.05) is 32.9 Å². The van der Waals surface area contributed by atoms with Crippen molar-refractivity contribution < 1.29 is 21.6 Å². The van der Waals surface area contributed by atoms with E-state index in [0.29, 0.717) is 17.1 Å². The largest absolute Gasteiger partial charge is 0.325 e. The molecule has 208 valence electrons. The summed E-state index contributed by atoms with van der Waals surface area (Å²) in [5.41, 5.74) is 4.81. The first-order chi connectivity index (χ1) is 18.9. The number of rotatable bonds is 9. The summed E-state index contributed by atoms with van der Waals surface area (Å²) in [6.45, 7) is 7.05.